The van der Waals surface area contributed by atoms with Crippen LogP contribution in [-0.2, 0) is 9.59 Å². The SMILES string of the molecule is [B][C@@H]1CCN(C(=S)[C@@H](NC(=O)CNC(=O)C(N)N)C(C)C)C1. The fourth-order valence-corrected chi connectivity index (χ4v) is 2.70. The lowest BCUT2D eigenvalue weighted by Crippen LogP contribution is -2.53. The number of carbonyl (C=O) groups excluding carboxylic acids is 2. The van der Waals surface area contributed by atoms with E-state index in [1.54, 1.807) is 0 Å². The maximum absolute atomic E-state index is 12.0. The second-order valence-corrected chi connectivity index (χ2v) is 6.28. The van der Waals surface area contributed by atoms with E-state index in [0.29, 0.717) is 11.5 Å². The van der Waals surface area contributed by atoms with Gasteiger partial charge in [-0.15, -0.1) is 0 Å². The Bertz CT molecular complexity index is 433. The Hall–Kier alpha value is -1.19. The van der Waals surface area contributed by atoms with Crippen molar-refractivity contribution in [3.05, 3.63) is 0 Å². The van der Waals surface area contributed by atoms with E-state index in [4.69, 9.17) is 31.5 Å². The second kappa shape index (κ2) is 8.45. The summed E-state index contributed by atoms with van der Waals surface area (Å²) in [6.07, 6.45) is -0.246. The van der Waals surface area contributed by atoms with Gasteiger partial charge in [-0.2, -0.15) is 0 Å². The van der Waals surface area contributed by atoms with Gasteiger partial charge in [-0.25, -0.2) is 0 Å². The number of hydrogen-bond acceptors (Lipinski definition) is 5. The Morgan fingerprint density at radius 3 is 2.50 bits per heavy atom. The van der Waals surface area contributed by atoms with Crippen LogP contribution in [0.15, 0.2) is 0 Å². The second-order valence-electron chi connectivity index (χ2n) is 5.87. The average Bonchev–Trinajstić information content (AvgIpc) is 2.87. The molecule has 2 amide bonds. The monoisotopic (exact) mass is 325 g/mol. The van der Waals surface area contributed by atoms with Crippen molar-refractivity contribution in [2.24, 2.45) is 17.4 Å². The largest absolute Gasteiger partial charge is 0.365 e. The molecular weight excluding hydrogens is 301 g/mol. The summed E-state index contributed by atoms with van der Waals surface area (Å²) in [7, 11) is 5.89. The Morgan fingerprint density at radius 1 is 1.41 bits per heavy atom. The number of nitrogens with one attached hydrogen (secondary N) is 2. The van der Waals surface area contributed by atoms with E-state index in [1.165, 1.54) is 0 Å². The zero-order valence-electron chi connectivity index (χ0n) is 13.0. The van der Waals surface area contributed by atoms with Crippen molar-refractivity contribution in [3.63, 3.8) is 0 Å². The number of carbonyl (C=O) groups is 2. The van der Waals surface area contributed by atoms with Crippen molar-refractivity contribution in [3.8, 4) is 0 Å². The van der Waals surface area contributed by atoms with Crippen LogP contribution in [0.1, 0.15) is 20.3 Å². The highest BCUT2D eigenvalue weighted by atomic mass is 32.1. The highest BCUT2D eigenvalue weighted by Crippen LogP contribution is 2.20. The molecule has 0 aromatic carbocycles. The molecule has 1 aliphatic rings. The third-order valence-electron chi connectivity index (χ3n) is 3.51. The Labute approximate surface area is 137 Å². The van der Waals surface area contributed by atoms with Crippen molar-refractivity contribution in [2.75, 3.05) is 19.6 Å². The van der Waals surface area contributed by atoms with E-state index < -0.39 is 12.1 Å². The molecule has 2 radical (unpaired) electrons. The predicted molar refractivity (Wildman–Crippen MR) is 90.2 cm³/mol. The fraction of sp³-hybridized carbons (Fsp3) is 0.769. The van der Waals surface area contributed by atoms with Crippen LogP contribution in [0.2, 0.25) is 5.82 Å². The summed E-state index contributed by atoms with van der Waals surface area (Å²) in [6.45, 7) is 5.27. The minimum atomic E-state index is -1.14. The smallest absolute Gasteiger partial charge is 0.251 e. The number of amides is 2. The van der Waals surface area contributed by atoms with Gasteiger partial charge in [0.15, 0.2) is 0 Å². The summed E-state index contributed by atoms with van der Waals surface area (Å²) in [6, 6.07) is -0.281. The number of rotatable bonds is 6. The lowest BCUT2D eigenvalue weighted by Gasteiger charge is -2.30. The number of nitrogens with two attached hydrogens (primary N) is 2. The quantitative estimate of drug-likeness (QED) is 0.268. The van der Waals surface area contributed by atoms with Gasteiger partial charge < -0.3 is 27.0 Å². The van der Waals surface area contributed by atoms with Crippen LogP contribution in [-0.4, -0.2) is 61.4 Å². The number of thiocarbonyl (C=S) groups is 1. The van der Waals surface area contributed by atoms with Gasteiger partial charge in [0.25, 0.3) is 5.91 Å². The third kappa shape index (κ3) is 5.55. The lowest BCUT2D eigenvalue weighted by atomic mass is 9.87. The molecule has 9 heteroatoms. The Kier molecular flexibility index (Phi) is 7.24. The highest BCUT2D eigenvalue weighted by Gasteiger charge is 2.28. The lowest BCUT2D eigenvalue weighted by molar-refractivity contribution is -0.127. The first-order valence-corrected chi connectivity index (χ1v) is 7.75. The molecule has 0 spiro atoms. The molecule has 0 saturated carbocycles. The molecule has 1 fully saturated rings. The van der Waals surface area contributed by atoms with Crippen LogP contribution in [0.5, 0.6) is 0 Å². The molecule has 2 atom stereocenters. The average molecular weight is 325 g/mol. The zero-order chi connectivity index (χ0) is 16.9. The van der Waals surface area contributed by atoms with E-state index in [0.717, 1.165) is 13.0 Å². The van der Waals surface area contributed by atoms with Gasteiger partial charge in [-0.05, 0) is 12.3 Å². The van der Waals surface area contributed by atoms with Crippen LogP contribution >= 0.6 is 12.2 Å². The van der Waals surface area contributed by atoms with Gasteiger partial charge in [0.2, 0.25) is 5.91 Å². The molecule has 6 N–H and O–H groups in total. The molecule has 1 aliphatic heterocycles. The molecule has 1 rings (SSSR count). The Balaban J connectivity index is 2.55. The first-order valence-electron chi connectivity index (χ1n) is 7.35. The summed E-state index contributed by atoms with van der Waals surface area (Å²) in [5.74, 6) is -0.671. The first-order chi connectivity index (χ1) is 10.2. The van der Waals surface area contributed by atoms with E-state index >= 15 is 0 Å². The van der Waals surface area contributed by atoms with Gasteiger partial charge in [0.1, 0.15) is 11.2 Å². The van der Waals surface area contributed by atoms with E-state index in [2.05, 4.69) is 10.6 Å². The van der Waals surface area contributed by atoms with Crippen molar-refractivity contribution in [1.82, 2.24) is 15.5 Å². The van der Waals surface area contributed by atoms with Crippen molar-refractivity contribution >= 4 is 36.9 Å². The molecule has 0 unspecified atom stereocenters. The zero-order valence-corrected chi connectivity index (χ0v) is 13.9. The van der Waals surface area contributed by atoms with E-state index in [9.17, 15) is 9.59 Å². The van der Waals surface area contributed by atoms with Crippen molar-refractivity contribution in [1.29, 1.82) is 0 Å². The molecule has 0 aromatic rings. The van der Waals surface area contributed by atoms with Crippen molar-refractivity contribution < 1.29 is 9.59 Å². The predicted octanol–water partition coefficient (Wildman–Crippen LogP) is -1.52. The number of nitrogens with zero attached hydrogens (tertiary/aromatic N) is 1. The molecule has 7 nitrogen and oxygen atoms in total. The van der Waals surface area contributed by atoms with Crippen LogP contribution < -0.4 is 22.1 Å². The third-order valence-corrected chi connectivity index (χ3v) is 4.02. The van der Waals surface area contributed by atoms with Gasteiger partial charge in [-0.1, -0.05) is 31.9 Å². The fourth-order valence-electron chi connectivity index (χ4n) is 2.21. The van der Waals surface area contributed by atoms with Crippen LogP contribution in [0.3, 0.4) is 0 Å². The summed E-state index contributed by atoms with van der Waals surface area (Å²) in [5, 5.41) is 5.21. The summed E-state index contributed by atoms with van der Waals surface area (Å²) >= 11 is 5.49. The van der Waals surface area contributed by atoms with Crippen molar-refractivity contribution in [2.45, 2.75) is 38.3 Å². The molecule has 122 valence electrons. The molecule has 22 heavy (non-hydrogen) atoms. The molecule has 0 aromatic heterocycles. The standard InChI is InChI=1S/C13H24BN5O2S/c1-7(2)10(13(22)19-4-3-8(14)6-19)18-9(20)5-17-12(21)11(15)16/h7-8,10-11H,3-6,15-16H2,1-2H3,(H,17,21)(H,18,20)/t8-,10+/m1/s1. The number of likely N-dealkylation sites (tertiary alicyclic amines) is 1. The van der Waals surface area contributed by atoms with Crippen LogP contribution in [0, 0.1) is 5.92 Å². The maximum Gasteiger partial charge on any atom is 0.251 e. The van der Waals surface area contributed by atoms with Crippen LogP contribution in [0.4, 0.5) is 0 Å². The summed E-state index contributed by atoms with van der Waals surface area (Å²) in [5.41, 5.74) is 10.4. The molecule has 1 saturated heterocycles. The molecular formula is C13H24BN5O2S. The minimum Gasteiger partial charge on any atom is -0.365 e. The molecule has 1 heterocycles. The maximum atomic E-state index is 12.0. The first kappa shape index (κ1) is 18.9. The van der Waals surface area contributed by atoms with Gasteiger partial charge in [0, 0.05) is 13.1 Å². The van der Waals surface area contributed by atoms with Gasteiger partial charge >= 0.3 is 0 Å². The van der Waals surface area contributed by atoms with Crippen LogP contribution in [0.25, 0.3) is 0 Å². The topological polar surface area (TPSA) is 113 Å². The normalized spacial score (nSPS) is 19.4. The van der Waals surface area contributed by atoms with Gasteiger partial charge in [-0.3, -0.25) is 9.59 Å². The van der Waals surface area contributed by atoms with Gasteiger partial charge in [0.05, 0.1) is 20.4 Å². The molecule has 0 aliphatic carbocycles. The summed E-state index contributed by atoms with van der Waals surface area (Å²) < 4.78 is 0. The Morgan fingerprint density at radius 2 is 2.05 bits per heavy atom. The van der Waals surface area contributed by atoms with E-state index in [1.807, 2.05) is 18.7 Å². The number of hydrogen-bond donors (Lipinski definition) is 4. The summed E-state index contributed by atoms with van der Waals surface area (Å²) in [4.78, 5) is 25.9. The van der Waals surface area contributed by atoms with E-state index in [-0.39, 0.29) is 30.2 Å². The minimum absolute atomic E-state index is 0.117. The molecule has 0 bridgehead atoms. The highest BCUT2D eigenvalue weighted by molar-refractivity contribution is 7.80.